The monoisotopic (exact) mass is 277 g/mol. The van der Waals surface area contributed by atoms with Gasteiger partial charge in [0, 0.05) is 24.7 Å². The molecular formula is C14H16ClN3O. The van der Waals surface area contributed by atoms with E-state index in [1.165, 1.54) is 0 Å². The standard InChI is InChI=1S/C14H16ClN3O/c1-2-3-6-17-7-8-18-13(19)11-9-10(15)4-5-12(11)16-14(17)18/h4-5,9H,2-3,6-8H2,1H3. The lowest BCUT2D eigenvalue weighted by molar-refractivity contribution is 0.719. The van der Waals surface area contributed by atoms with Crippen LogP contribution >= 0.6 is 11.6 Å². The minimum absolute atomic E-state index is 0.0153. The Hall–Kier alpha value is -1.55. The van der Waals surface area contributed by atoms with Crippen LogP contribution in [0.25, 0.3) is 10.9 Å². The van der Waals surface area contributed by atoms with Crippen molar-refractivity contribution < 1.29 is 0 Å². The summed E-state index contributed by atoms with van der Waals surface area (Å²) in [4.78, 5) is 19.2. The molecule has 0 atom stereocenters. The number of anilines is 1. The van der Waals surface area contributed by atoms with E-state index in [2.05, 4.69) is 16.8 Å². The van der Waals surface area contributed by atoms with Gasteiger partial charge >= 0.3 is 0 Å². The molecule has 0 amide bonds. The van der Waals surface area contributed by atoms with Crippen molar-refractivity contribution in [2.24, 2.45) is 0 Å². The van der Waals surface area contributed by atoms with Crippen LogP contribution < -0.4 is 10.5 Å². The number of unbranched alkanes of at least 4 members (excludes halogenated alkanes) is 1. The Balaban J connectivity index is 2.13. The van der Waals surface area contributed by atoms with E-state index in [4.69, 9.17) is 11.6 Å². The van der Waals surface area contributed by atoms with E-state index in [1.807, 2.05) is 6.07 Å². The van der Waals surface area contributed by atoms with E-state index in [1.54, 1.807) is 16.7 Å². The van der Waals surface area contributed by atoms with Crippen LogP contribution in [0.3, 0.4) is 0 Å². The summed E-state index contributed by atoms with van der Waals surface area (Å²) < 4.78 is 1.76. The minimum atomic E-state index is 0.0153. The SMILES string of the molecule is CCCCN1CCn2c1nc1ccc(Cl)cc1c2=O. The lowest BCUT2D eigenvalue weighted by atomic mass is 10.2. The average Bonchev–Trinajstić information content (AvgIpc) is 2.81. The summed E-state index contributed by atoms with van der Waals surface area (Å²) in [6, 6.07) is 5.29. The third kappa shape index (κ3) is 2.10. The molecule has 0 N–H and O–H groups in total. The van der Waals surface area contributed by atoms with Gasteiger partial charge in [0.2, 0.25) is 5.95 Å². The van der Waals surface area contributed by atoms with Crippen molar-refractivity contribution in [1.82, 2.24) is 9.55 Å². The summed E-state index contributed by atoms with van der Waals surface area (Å²) >= 11 is 5.95. The first-order valence-corrected chi connectivity index (χ1v) is 7.03. The summed E-state index contributed by atoms with van der Waals surface area (Å²) in [5.41, 5.74) is 0.741. The van der Waals surface area contributed by atoms with Crippen LogP contribution in [0, 0.1) is 0 Å². The quantitative estimate of drug-likeness (QED) is 0.866. The summed E-state index contributed by atoms with van der Waals surface area (Å²) in [6.45, 7) is 4.71. The van der Waals surface area contributed by atoms with Gasteiger partial charge in [0.1, 0.15) is 0 Å². The molecule has 1 aliphatic heterocycles. The first-order chi connectivity index (χ1) is 9.20. The number of halogens is 1. The molecule has 2 aromatic rings. The predicted molar refractivity (Wildman–Crippen MR) is 78.1 cm³/mol. The summed E-state index contributed by atoms with van der Waals surface area (Å²) in [5.74, 6) is 0.799. The highest BCUT2D eigenvalue weighted by Gasteiger charge is 2.22. The second-order valence-electron chi connectivity index (χ2n) is 4.87. The molecule has 5 heteroatoms. The number of hydrogen-bond acceptors (Lipinski definition) is 3. The molecule has 3 rings (SSSR count). The van der Waals surface area contributed by atoms with Crippen molar-refractivity contribution in [3.8, 4) is 0 Å². The maximum atomic E-state index is 12.4. The van der Waals surface area contributed by atoms with Crippen molar-refractivity contribution in [2.75, 3.05) is 18.0 Å². The van der Waals surface area contributed by atoms with Crippen molar-refractivity contribution in [2.45, 2.75) is 26.3 Å². The normalized spacial score (nSPS) is 14.1. The molecule has 0 fully saturated rings. The Labute approximate surface area is 116 Å². The van der Waals surface area contributed by atoms with E-state index in [9.17, 15) is 4.79 Å². The van der Waals surface area contributed by atoms with E-state index in [0.29, 0.717) is 17.0 Å². The van der Waals surface area contributed by atoms with Crippen molar-refractivity contribution in [3.63, 3.8) is 0 Å². The van der Waals surface area contributed by atoms with Gasteiger partial charge in [-0.15, -0.1) is 0 Å². The molecule has 4 nitrogen and oxygen atoms in total. The van der Waals surface area contributed by atoms with E-state index >= 15 is 0 Å². The van der Waals surface area contributed by atoms with Gasteiger partial charge in [0.25, 0.3) is 5.56 Å². The van der Waals surface area contributed by atoms with E-state index < -0.39 is 0 Å². The molecule has 0 saturated carbocycles. The zero-order chi connectivity index (χ0) is 13.4. The highest BCUT2D eigenvalue weighted by Crippen LogP contribution is 2.22. The van der Waals surface area contributed by atoms with Gasteiger partial charge in [-0.3, -0.25) is 9.36 Å². The van der Waals surface area contributed by atoms with Gasteiger partial charge in [-0.2, -0.15) is 0 Å². The van der Waals surface area contributed by atoms with Crippen LogP contribution in [-0.4, -0.2) is 22.6 Å². The molecule has 1 aromatic carbocycles. The molecule has 0 bridgehead atoms. The fourth-order valence-corrected chi connectivity index (χ4v) is 2.68. The number of nitrogens with zero attached hydrogens (tertiary/aromatic N) is 3. The first-order valence-electron chi connectivity index (χ1n) is 6.65. The molecule has 100 valence electrons. The zero-order valence-electron chi connectivity index (χ0n) is 10.9. The van der Waals surface area contributed by atoms with Crippen LogP contribution in [0.15, 0.2) is 23.0 Å². The van der Waals surface area contributed by atoms with Crippen LogP contribution in [0.1, 0.15) is 19.8 Å². The van der Waals surface area contributed by atoms with Crippen molar-refractivity contribution in [1.29, 1.82) is 0 Å². The molecule has 0 spiro atoms. The molecular weight excluding hydrogens is 262 g/mol. The molecule has 2 heterocycles. The largest absolute Gasteiger partial charge is 0.340 e. The topological polar surface area (TPSA) is 38.1 Å². The van der Waals surface area contributed by atoms with Gasteiger partial charge in [-0.1, -0.05) is 24.9 Å². The highest BCUT2D eigenvalue weighted by atomic mass is 35.5. The third-order valence-electron chi connectivity index (χ3n) is 3.55. The average molecular weight is 278 g/mol. The molecule has 1 aromatic heterocycles. The number of fused-ring (bicyclic) bond motifs is 2. The van der Waals surface area contributed by atoms with Crippen LogP contribution in [0.2, 0.25) is 5.02 Å². The fourth-order valence-electron chi connectivity index (χ4n) is 2.51. The first kappa shape index (κ1) is 12.5. The Morgan fingerprint density at radius 2 is 2.21 bits per heavy atom. The van der Waals surface area contributed by atoms with Crippen LogP contribution in [0.4, 0.5) is 5.95 Å². The van der Waals surface area contributed by atoms with Crippen LogP contribution in [-0.2, 0) is 6.54 Å². The molecule has 0 saturated heterocycles. The highest BCUT2D eigenvalue weighted by molar-refractivity contribution is 6.31. The number of hydrogen-bond donors (Lipinski definition) is 0. The molecule has 19 heavy (non-hydrogen) atoms. The van der Waals surface area contributed by atoms with Gasteiger partial charge in [-0.05, 0) is 24.6 Å². The summed E-state index contributed by atoms with van der Waals surface area (Å²) in [6.07, 6.45) is 2.26. The molecule has 0 aliphatic carbocycles. The number of rotatable bonds is 3. The summed E-state index contributed by atoms with van der Waals surface area (Å²) in [7, 11) is 0. The Kier molecular flexibility index (Phi) is 3.19. The van der Waals surface area contributed by atoms with Gasteiger partial charge in [0.05, 0.1) is 10.9 Å². The van der Waals surface area contributed by atoms with Gasteiger partial charge in [-0.25, -0.2) is 4.98 Å². The number of benzene rings is 1. The zero-order valence-corrected chi connectivity index (χ0v) is 11.7. The lowest BCUT2D eigenvalue weighted by Gasteiger charge is -2.16. The molecule has 0 radical (unpaired) electrons. The predicted octanol–water partition coefficient (Wildman–Crippen LogP) is 2.67. The second kappa shape index (κ2) is 4.85. The van der Waals surface area contributed by atoms with Gasteiger partial charge < -0.3 is 4.90 Å². The Morgan fingerprint density at radius 3 is 3.00 bits per heavy atom. The second-order valence-corrected chi connectivity index (χ2v) is 5.31. The third-order valence-corrected chi connectivity index (χ3v) is 3.79. The van der Waals surface area contributed by atoms with Gasteiger partial charge in [0.15, 0.2) is 0 Å². The molecule has 0 unspecified atom stereocenters. The Bertz CT molecular complexity index is 680. The lowest BCUT2D eigenvalue weighted by Crippen LogP contribution is -2.24. The van der Waals surface area contributed by atoms with Crippen LogP contribution in [0.5, 0.6) is 0 Å². The maximum absolute atomic E-state index is 12.4. The maximum Gasteiger partial charge on any atom is 0.262 e. The summed E-state index contributed by atoms with van der Waals surface area (Å²) in [5, 5.41) is 1.18. The minimum Gasteiger partial charge on any atom is -0.340 e. The fraction of sp³-hybridized carbons (Fsp3) is 0.429. The number of aromatic nitrogens is 2. The van der Waals surface area contributed by atoms with Crippen molar-refractivity contribution in [3.05, 3.63) is 33.6 Å². The smallest absolute Gasteiger partial charge is 0.262 e. The van der Waals surface area contributed by atoms with Crippen molar-refractivity contribution >= 4 is 28.5 Å². The van der Waals surface area contributed by atoms with E-state index in [-0.39, 0.29) is 5.56 Å². The van der Waals surface area contributed by atoms with E-state index in [0.717, 1.165) is 37.4 Å². The molecule has 1 aliphatic rings. The Morgan fingerprint density at radius 1 is 1.37 bits per heavy atom.